The molecule has 2 aromatic heterocycles. The maximum atomic E-state index is 4.84. The van der Waals surface area contributed by atoms with Gasteiger partial charge in [0.1, 0.15) is 0 Å². The molecule has 1 saturated carbocycles. The monoisotopic (exact) mass is 292 g/mol. The Morgan fingerprint density at radius 1 is 1.50 bits per heavy atom. The van der Waals surface area contributed by atoms with Gasteiger partial charge in [-0.2, -0.15) is 0 Å². The molecule has 2 heterocycles. The minimum Gasteiger partial charge on any atom is -0.355 e. The molecule has 0 bridgehead atoms. The van der Waals surface area contributed by atoms with Crippen molar-refractivity contribution in [2.75, 3.05) is 18.5 Å². The van der Waals surface area contributed by atoms with Crippen LogP contribution in [0.5, 0.6) is 0 Å². The Morgan fingerprint density at radius 2 is 2.30 bits per heavy atom. The first kappa shape index (κ1) is 13.9. The Bertz CT molecular complexity index is 567. The normalized spacial score (nSPS) is 16.0. The number of rotatable bonds is 6. The van der Waals surface area contributed by atoms with E-state index in [-0.39, 0.29) is 0 Å². The molecule has 0 saturated heterocycles. The van der Waals surface area contributed by atoms with Crippen LogP contribution in [0, 0.1) is 5.92 Å². The van der Waals surface area contributed by atoms with E-state index in [2.05, 4.69) is 47.1 Å². The zero-order valence-electron chi connectivity index (χ0n) is 12.6. The van der Waals surface area contributed by atoms with Gasteiger partial charge in [-0.25, -0.2) is 4.98 Å². The topological polar surface area (TPSA) is 32.6 Å². The smallest absolute Gasteiger partial charge is 0.195 e. The van der Waals surface area contributed by atoms with Crippen molar-refractivity contribution in [1.82, 2.24) is 14.7 Å². The molecule has 0 spiro atoms. The molecule has 1 fully saturated rings. The van der Waals surface area contributed by atoms with Crippen molar-refractivity contribution < 1.29 is 0 Å². The van der Waals surface area contributed by atoms with E-state index in [1.165, 1.54) is 25.0 Å². The summed E-state index contributed by atoms with van der Waals surface area (Å²) in [5.74, 6) is 1.84. The summed E-state index contributed by atoms with van der Waals surface area (Å²) in [5, 5.41) is 5.67. The van der Waals surface area contributed by atoms with Crippen LogP contribution >= 0.6 is 11.3 Å². The molecular formula is C15H24N4S. The molecular weight excluding hydrogens is 268 g/mol. The fraction of sp³-hybridized carbons (Fsp3) is 0.667. The molecule has 0 atom stereocenters. The van der Waals surface area contributed by atoms with Crippen molar-refractivity contribution in [2.45, 2.75) is 45.7 Å². The molecule has 0 amide bonds. The zero-order valence-corrected chi connectivity index (χ0v) is 13.4. The molecule has 5 heteroatoms. The van der Waals surface area contributed by atoms with E-state index in [9.17, 15) is 0 Å². The van der Waals surface area contributed by atoms with Gasteiger partial charge < -0.3 is 10.2 Å². The second kappa shape index (κ2) is 5.74. The van der Waals surface area contributed by atoms with Crippen molar-refractivity contribution in [3.63, 3.8) is 0 Å². The molecule has 0 aliphatic heterocycles. The van der Waals surface area contributed by atoms with Gasteiger partial charge in [-0.1, -0.05) is 13.8 Å². The van der Waals surface area contributed by atoms with Gasteiger partial charge in [-0.3, -0.25) is 4.40 Å². The van der Waals surface area contributed by atoms with Crippen LogP contribution in [-0.2, 0) is 6.54 Å². The van der Waals surface area contributed by atoms with Gasteiger partial charge in [-0.15, -0.1) is 11.3 Å². The highest BCUT2D eigenvalue weighted by atomic mass is 32.1. The lowest BCUT2D eigenvalue weighted by atomic mass is 9.92. The van der Waals surface area contributed by atoms with Crippen molar-refractivity contribution in [3.8, 4) is 0 Å². The zero-order chi connectivity index (χ0) is 14.1. The molecule has 0 aromatic carbocycles. The maximum Gasteiger partial charge on any atom is 0.195 e. The number of anilines is 1. The summed E-state index contributed by atoms with van der Waals surface area (Å²) < 4.78 is 2.24. The number of imidazole rings is 1. The number of hydrogen-bond donors (Lipinski definition) is 1. The van der Waals surface area contributed by atoms with Gasteiger partial charge in [0.2, 0.25) is 0 Å². The van der Waals surface area contributed by atoms with Crippen molar-refractivity contribution in [1.29, 1.82) is 0 Å². The second-order valence-corrected chi connectivity index (χ2v) is 7.03. The van der Waals surface area contributed by atoms with E-state index in [4.69, 9.17) is 4.98 Å². The van der Waals surface area contributed by atoms with E-state index >= 15 is 0 Å². The number of nitrogens with zero attached hydrogens (tertiary/aromatic N) is 3. The van der Waals surface area contributed by atoms with Crippen molar-refractivity contribution >= 4 is 22.1 Å². The summed E-state index contributed by atoms with van der Waals surface area (Å²) in [6.07, 6.45) is 6.11. The number of aromatic nitrogens is 2. The number of thiazole rings is 1. The van der Waals surface area contributed by atoms with Gasteiger partial charge in [-0.05, 0) is 31.7 Å². The van der Waals surface area contributed by atoms with Crippen LogP contribution in [0.1, 0.15) is 38.8 Å². The predicted octanol–water partition coefficient (Wildman–Crippen LogP) is 3.13. The third-order valence-corrected chi connectivity index (χ3v) is 4.90. The molecule has 0 radical (unpaired) electrons. The van der Waals surface area contributed by atoms with Crippen LogP contribution in [0.4, 0.5) is 5.82 Å². The van der Waals surface area contributed by atoms with Crippen LogP contribution in [-0.4, -0.2) is 29.0 Å². The average Bonchev–Trinajstić information content (AvgIpc) is 2.88. The summed E-state index contributed by atoms with van der Waals surface area (Å²) in [6.45, 7) is 6.42. The third kappa shape index (κ3) is 2.56. The Morgan fingerprint density at radius 3 is 2.95 bits per heavy atom. The fourth-order valence-corrected chi connectivity index (χ4v) is 3.42. The first-order valence-electron chi connectivity index (χ1n) is 7.54. The molecule has 1 aliphatic carbocycles. The summed E-state index contributed by atoms with van der Waals surface area (Å²) in [5.41, 5.74) is 1.30. The van der Waals surface area contributed by atoms with Gasteiger partial charge in [0.25, 0.3) is 0 Å². The first-order chi connectivity index (χ1) is 9.66. The molecule has 1 aliphatic rings. The van der Waals surface area contributed by atoms with Crippen LogP contribution < -0.4 is 10.2 Å². The molecule has 2 aromatic rings. The molecule has 1 N–H and O–H groups in total. The SMILES string of the molecule is CC(C)CNCc1c(N(C)C2CCC2)nc2sccn12. The lowest BCUT2D eigenvalue weighted by Crippen LogP contribution is -2.38. The number of fused-ring (bicyclic) bond motifs is 1. The largest absolute Gasteiger partial charge is 0.355 e. The Labute approximate surface area is 124 Å². The maximum absolute atomic E-state index is 4.84. The molecule has 20 heavy (non-hydrogen) atoms. The highest BCUT2D eigenvalue weighted by molar-refractivity contribution is 7.15. The number of hydrogen-bond acceptors (Lipinski definition) is 4. The summed E-state index contributed by atoms with van der Waals surface area (Å²) >= 11 is 1.71. The summed E-state index contributed by atoms with van der Waals surface area (Å²) in [6, 6.07) is 0.684. The molecule has 0 unspecified atom stereocenters. The van der Waals surface area contributed by atoms with Crippen LogP contribution in [0.25, 0.3) is 4.96 Å². The van der Waals surface area contributed by atoms with E-state index < -0.39 is 0 Å². The minimum atomic E-state index is 0.675. The third-order valence-electron chi connectivity index (χ3n) is 4.14. The van der Waals surface area contributed by atoms with Gasteiger partial charge >= 0.3 is 0 Å². The quantitative estimate of drug-likeness (QED) is 0.888. The Balaban J connectivity index is 1.83. The van der Waals surface area contributed by atoms with Crippen LogP contribution in [0.15, 0.2) is 11.6 Å². The minimum absolute atomic E-state index is 0.675. The van der Waals surface area contributed by atoms with E-state index in [1.54, 1.807) is 11.3 Å². The average molecular weight is 292 g/mol. The standard InChI is InChI=1S/C15H24N4S/c1-11(2)9-16-10-13-14(18(3)12-5-4-6-12)17-15-19(13)7-8-20-15/h7-8,11-12,16H,4-6,9-10H2,1-3H3. The Hall–Kier alpha value is -1.07. The highest BCUT2D eigenvalue weighted by Gasteiger charge is 2.26. The lowest BCUT2D eigenvalue weighted by Gasteiger charge is -2.35. The summed E-state index contributed by atoms with van der Waals surface area (Å²) in [7, 11) is 2.20. The van der Waals surface area contributed by atoms with Crippen molar-refractivity contribution in [2.24, 2.45) is 5.92 Å². The lowest BCUT2D eigenvalue weighted by molar-refractivity contribution is 0.398. The fourth-order valence-electron chi connectivity index (χ4n) is 2.69. The second-order valence-electron chi connectivity index (χ2n) is 6.16. The molecule has 3 rings (SSSR count). The van der Waals surface area contributed by atoms with E-state index in [0.29, 0.717) is 12.0 Å². The van der Waals surface area contributed by atoms with Crippen LogP contribution in [0.3, 0.4) is 0 Å². The molecule has 110 valence electrons. The van der Waals surface area contributed by atoms with Crippen molar-refractivity contribution in [3.05, 3.63) is 17.3 Å². The van der Waals surface area contributed by atoms with E-state index in [0.717, 1.165) is 23.9 Å². The van der Waals surface area contributed by atoms with Crippen LogP contribution in [0.2, 0.25) is 0 Å². The highest BCUT2D eigenvalue weighted by Crippen LogP contribution is 2.31. The Kier molecular flexibility index (Phi) is 3.98. The summed E-state index contributed by atoms with van der Waals surface area (Å²) in [4.78, 5) is 8.33. The van der Waals surface area contributed by atoms with Gasteiger partial charge in [0.05, 0.1) is 5.69 Å². The predicted molar refractivity (Wildman–Crippen MR) is 85.7 cm³/mol. The van der Waals surface area contributed by atoms with Gasteiger partial charge in [0, 0.05) is 31.2 Å². The first-order valence-corrected chi connectivity index (χ1v) is 8.42. The molecule has 4 nitrogen and oxygen atoms in total. The number of nitrogens with one attached hydrogen (secondary N) is 1. The van der Waals surface area contributed by atoms with Gasteiger partial charge in [0.15, 0.2) is 10.8 Å². The van der Waals surface area contributed by atoms with E-state index in [1.807, 2.05) is 0 Å².